The molecule has 0 aliphatic rings. The lowest BCUT2D eigenvalue weighted by Gasteiger charge is -2.18. The molecule has 0 radical (unpaired) electrons. The highest BCUT2D eigenvalue weighted by atomic mass is 16.6. The van der Waals surface area contributed by atoms with Crippen molar-refractivity contribution in [3.05, 3.63) is 12.2 Å². The smallest absolute Gasteiger partial charge is 0.306 e. The van der Waals surface area contributed by atoms with E-state index in [1.807, 2.05) is 0 Å². The van der Waals surface area contributed by atoms with Gasteiger partial charge in [-0.3, -0.25) is 14.4 Å². The fourth-order valence-electron chi connectivity index (χ4n) is 7.61. The zero-order chi connectivity index (χ0) is 42.3. The fourth-order valence-corrected chi connectivity index (χ4v) is 7.61. The van der Waals surface area contributed by atoms with Crippen LogP contribution >= 0.6 is 0 Å². The number of hydrogen-bond donors (Lipinski definition) is 0. The van der Waals surface area contributed by atoms with E-state index in [-0.39, 0.29) is 31.1 Å². The molecule has 0 spiro atoms. The van der Waals surface area contributed by atoms with Gasteiger partial charge in [0.2, 0.25) is 0 Å². The molecule has 0 amide bonds. The van der Waals surface area contributed by atoms with Crippen molar-refractivity contribution in [2.45, 2.75) is 290 Å². The Hall–Kier alpha value is -1.85. The van der Waals surface area contributed by atoms with Gasteiger partial charge in [0.1, 0.15) is 13.2 Å². The summed E-state index contributed by atoms with van der Waals surface area (Å²) in [6.45, 7) is 6.65. The lowest BCUT2D eigenvalue weighted by molar-refractivity contribution is -0.167. The minimum Gasteiger partial charge on any atom is -0.462 e. The summed E-state index contributed by atoms with van der Waals surface area (Å²) in [5.41, 5.74) is 0. The molecule has 0 N–H and O–H groups in total. The molecule has 0 heterocycles. The Morgan fingerprint density at radius 1 is 0.328 bits per heavy atom. The third-order valence-electron chi connectivity index (χ3n) is 11.5. The Labute approximate surface area is 360 Å². The summed E-state index contributed by atoms with van der Waals surface area (Å²) in [5, 5.41) is 0. The van der Waals surface area contributed by atoms with E-state index >= 15 is 0 Å². The minimum atomic E-state index is -0.765. The molecule has 0 aliphatic carbocycles. The van der Waals surface area contributed by atoms with Gasteiger partial charge in [-0.25, -0.2) is 0 Å². The van der Waals surface area contributed by atoms with E-state index in [1.165, 1.54) is 180 Å². The second-order valence-corrected chi connectivity index (χ2v) is 17.4. The molecular weight excluding hydrogens is 721 g/mol. The number of hydrogen-bond acceptors (Lipinski definition) is 6. The van der Waals surface area contributed by atoms with Crippen LogP contribution in [-0.4, -0.2) is 37.2 Å². The maximum absolute atomic E-state index is 12.8. The SMILES string of the molecule is CCCCCCCC/C=C\CCCCCCCC(=O)OCC(COC(=O)CCCCCCCCCCCCC)OC(=O)CCCCCCCCCCCCCCCC. The summed E-state index contributed by atoms with van der Waals surface area (Å²) in [6.07, 6.45) is 51.9. The number of carbonyl (C=O) groups excluding carboxylic acids is 3. The van der Waals surface area contributed by atoms with Gasteiger partial charge in [-0.2, -0.15) is 0 Å². The van der Waals surface area contributed by atoms with Crippen molar-refractivity contribution >= 4 is 17.9 Å². The molecule has 1 unspecified atom stereocenters. The molecule has 1 atom stereocenters. The summed E-state index contributed by atoms with van der Waals surface area (Å²) in [4.78, 5) is 37.9. The van der Waals surface area contributed by atoms with Crippen molar-refractivity contribution in [1.82, 2.24) is 0 Å². The van der Waals surface area contributed by atoms with Crippen LogP contribution in [0, 0.1) is 0 Å². The Balaban J connectivity index is 4.33. The van der Waals surface area contributed by atoms with Gasteiger partial charge in [0.25, 0.3) is 0 Å². The van der Waals surface area contributed by atoms with Crippen molar-refractivity contribution in [2.75, 3.05) is 13.2 Å². The van der Waals surface area contributed by atoms with Crippen molar-refractivity contribution in [3.8, 4) is 0 Å². The largest absolute Gasteiger partial charge is 0.462 e. The quantitative estimate of drug-likeness (QED) is 0.0263. The van der Waals surface area contributed by atoms with Crippen LogP contribution in [0.4, 0.5) is 0 Å². The van der Waals surface area contributed by atoms with Crippen LogP contribution in [0.1, 0.15) is 284 Å². The van der Waals surface area contributed by atoms with Gasteiger partial charge >= 0.3 is 17.9 Å². The van der Waals surface area contributed by atoms with Crippen LogP contribution in [0.5, 0.6) is 0 Å². The molecule has 0 aliphatic heterocycles. The lowest BCUT2D eigenvalue weighted by Crippen LogP contribution is -2.30. The van der Waals surface area contributed by atoms with E-state index in [0.717, 1.165) is 64.2 Å². The summed E-state index contributed by atoms with van der Waals surface area (Å²) >= 11 is 0. The first-order valence-electron chi connectivity index (χ1n) is 25.7. The van der Waals surface area contributed by atoms with Gasteiger partial charge in [-0.05, 0) is 44.9 Å². The molecule has 0 aromatic rings. The third-order valence-corrected chi connectivity index (χ3v) is 11.5. The van der Waals surface area contributed by atoms with Crippen LogP contribution in [0.2, 0.25) is 0 Å². The minimum absolute atomic E-state index is 0.0674. The lowest BCUT2D eigenvalue weighted by atomic mass is 10.0. The molecule has 0 aromatic carbocycles. The molecule has 58 heavy (non-hydrogen) atoms. The van der Waals surface area contributed by atoms with Crippen LogP contribution in [0.25, 0.3) is 0 Å². The monoisotopic (exact) mass is 819 g/mol. The Bertz CT molecular complexity index is 900. The van der Waals surface area contributed by atoms with Crippen LogP contribution in [-0.2, 0) is 28.6 Å². The van der Waals surface area contributed by atoms with Crippen molar-refractivity contribution < 1.29 is 28.6 Å². The van der Waals surface area contributed by atoms with E-state index in [2.05, 4.69) is 32.9 Å². The Morgan fingerprint density at radius 2 is 0.569 bits per heavy atom. The van der Waals surface area contributed by atoms with E-state index in [4.69, 9.17) is 14.2 Å². The third kappa shape index (κ3) is 45.2. The molecule has 0 bridgehead atoms. The number of carbonyl (C=O) groups is 3. The molecule has 6 nitrogen and oxygen atoms in total. The number of ether oxygens (including phenoxy) is 3. The van der Waals surface area contributed by atoms with E-state index in [1.54, 1.807) is 0 Å². The molecule has 342 valence electrons. The average Bonchev–Trinajstić information content (AvgIpc) is 3.22. The highest BCUT2D eigenvalue weighted by molar-refractivity contribution is 5.71. The second kappa shape index (κ2) is 47.8. The van der Waals surface area contributed by atoms with Crippen molar-refractivity contribution in [1.29, 1.82) is 0 Å². The van der Waals surface area contributed by atoms with Crippen molar-refractivity contribution in [3.63, 3.8) is 0 Å². The molecular formula is C52H98O6. The topological polar surface area (TPSA) is 78.9 Å². The number of esters is 3. The summed E-state index contributed by atoms with van der Waals surface area (Å²) in [6, 6.07) is 0. The first-order chi connectivity index (χ1) is 28.5. The van der Waals surface area contributed by atoms with Crippen LogP contribution in [0.15, 0.2) is 12.2 Å². The van der Waals surface area contributed by atoms with Crippen molar-refractivity contribution in [2.24, 2.45) is 0 Å². The highest BCUT2D eigenvalue weighted by Crippen LogP contribution is 2.16. The molecule has 6 heteroatoms. The Morgan fingerprint density at radius 3 is 0.862 bits per heavy atom. The van der Waals surface area contributed by atoms with E-state index < -0.39 is 6.10 Å². The second-order valence-electron chi connectivity index (χ2n) is 17.4. The number of unbranched alkanes of at least 4 members (excludes halogenated alkanes) is 34. The van der Waals surface area contributed by atoms with Gasteiger partial charge in [-0.15, -0.1) is 0 Å². The Kier molecular flexibility index (Phi) is 46.3. The van der Waals surface area contributed by atoms with Crippen LogP contribution < -0.4 is 0 Å². The molecule has 0 rings (SSSR count). The average molecular weight is 819 g/mol. The molecule has 0 aromatic heterocycles. The first-order valence-corrected chi connectivity index (χ1v) is 25.7. The van der Waals surface area contributed by atoms with E-state index in [0.29, 0.717) is 19.3 Å². The van der Waals surface area contributed by atoms with E-state index in [9.17, 15) is 14.4 Å². The zero-order valence-electron chi connectivity index (χ0n) is 39.1. The predicted octanol–water partition coefficient (Wildman–Crippen LogP) is 16.6. The highest BCUT2D eigenvalue weighted by Gasteiger charge is 2.19. The summed E-state index contributed by atoms with van der Waals surface area (Å²) in [5.74, 6) is -0.861. The molecule has 0 saturated carbocycles. The van der Waals surface area contributed by atoms with Gasteiger partial charge in [0.15, 0.2) is 6.10 Å². The maximum atomic E-state index is 12.8. The predicted molar refractivity (Wildman–Crippen MR) is 247 cm³/mol. The molecule has 0 fully saturated rings. The molecule has 0 saturated heterocycles. The normalized spacial score (nSPS) is 12.0. The fraction of sp³-hybridized carbons (Fsp3) is 0.904. The summed E-state index contributed by atoms with van der Waals surface area (Å²) < 4.78 is 16.8. The van der Waals surface area contributed by atoms with Gasteiger partial charge in [-0.1, -0.05) is 232 Å². The van der Waals surface area contributed by atoms with Crippen LogP contribution in [0.3, 0.4) is 0 Å². The number of rotatable bonds is 47. The van der Waals surface area contributed by atoms with Gasteiger partial charge in [0.05, 0.1) is 0 Å². The maximum Gasteiger partial charge on any atom is 0.306 e. The standard InChI is InChI=1S/C52H98O6/c1-4-7-10-13-16-19-22-24-26-28-30-33-36-39-42-45-51(54)57-48-49(47-56-50(53)44-41-38-35-32-29-21-18-15-12-9-6-3)58-52(55)46-43-40-37-34-31-27-25-23-20-17-14-11-8-5-2/h24,26,49H,4-23,25,27-48H2,1-3H3/b26-24-. The number of allylic oxidation sites excluding steroid dienone is 2. The van der Waals surface area contributed by atoms with Gasteiger partial charge in [0, 0.05) is 19.3 Å². The van der Waals surface area contributed by atoms with Gasteiger partial charge < -0.3 is 14.2 Å². The zero-order valence-corrected chi connectivity index (χ0v) is 39.1. The summed E-state index contributed by atoms with van der Waals surface area (Å²) in [7, 11) is 0. The first kappa shape index (κ1) is 56.1.